The van der Waals surface area contributed by atoms with Gasteiger partial charge in [-0.25, -0.2) is 0 Å². The van der Waals surface area contributed by atoms with Crippen molar-refractivity contribution in [2.45, 2.75) is 33.7 Å². The summed E-state index contributed by atoms with van der Waals surface area (Å²) in [5.74, 6) is 0. The first-order chi connectivity index (χ1) is 7.36. The van der Waals surface area contributed by atoms with E-state index in [0.29, 0.717) is 6.04 Å². The van der Waals surface area contributed by atoms with Crippen LogP contribution in [-0.2, 0) is 0 Å². The van der Waals surface area contributed by atoms with Gasteiger partial charge >= 0.3 is 0 Å². The van der Waals surface area contributed by atoms with Gasteiger partial charge in [-0.15, -0.1) is 0 Å². The van der Waals surface area contributed by atoms with E-state index in [1.165, 1.54) is 5.70 Å². The molecule has 0 rings (SSSR count). The maximum Gasteiger partial charge on any atom is 0.0377 e. The van der Waals surface area contributed by atoms with Crippen molar-refractivity contribution in [3.63, 3.8) is 0 Å². The van der Waals surface area contributed by atoms with Gasteiger partial charge in [-0.1, -0.05) is 19.7 Å². The molecule has 0 saturated heterocycles. The summed E-state index contributed by atoms with van der Waals surface area (Å²) < 4.78 is 0. The van der Waals surface area contributed by atoms with Crippen LogP contribution in [0.1, 0.15) is 27.7 Å². The lowest BCUT2D eigenvalue weighted by Gasteiger charge is -2.29. The summed E-state index contributed by atoms with van der Waals surface area (Å²) in [5, 5.41) is 0. The first-order valence-electron chi connectivity index (χ1n) is 5.49. The minimum absolute atomic E-state index is 0.397. The summed E-state index contributed by atoms with van der Waals surface area (Å²) in [4.78, 5) is 4.05. The fourth-order valence-electron chi connectivity index (χ4n) is 1.51. The Bertz CT molecular complexity index is 311. The van der Waals surface area contributed by atoms with E-state index in [9.17, 15) is 0 Å². The Kier molecular flexibility index (Phi) is 5.65. The average molecular weight is 220 g/mol. The van der Waals surface area contributed by atoms with E-state index < -0.39 is 0 Å². The summed E-state index contributed by atoms with van der Waals surface area (Å²) in [5.41, 5.74) is 3.28. The fourth-order valence-corrected chi connectivity index (χ4v) is 1.51. The van der Waals surface area contributed by atoms with Gasteiger partial charge in [-0.05, 0) is 45.7 Å². The number of likely N-dealkylation sites (N-methyl/N-ethyl adjacent to an activating group) is 1. The minimum atomic E-state index is 0.397. The Morgan fingerprint density at radius 1 is 1.12 bits per heavy atom. The number of rotatable bonds is 6. The van der Waals surface area contributed by atoms with Crippen LogP contribution < -0.4 is 0 Å². The highest BCUT2D eigenvalue weighted by Crippen LogP contribution is 2.20. The van der Waals surface area contributed by atoms with Gasteiger partial charge in [0.05, 0.1) is 0 Å². The molecule has 0 saturated carbocycles. The van der Waals surface area contributed by atoms with Crippen LogP contribution in [0.5, 0.6) is 0 Å². The van der Waals surface area contributed by atoms with Crippen molar-refractivity contribution in [3.05, 3.63) is 49.1 Å². The Balaban J connectivity index is 5.15. The minimum Gasteiger partial charge on any atom is -0.352 e. The molecule has 0 aliphatic heterocycles. The topological polar surface area (TPSA) is 6.48 Å². The van der Waals surface area contributed by atoms with Crippen molar-refractivity contribution in [2.24, 2.45) is 0 Å². The second-order valence-electron chi connectivity index (χ2n) is 4.13. The smallest absolute Gasteiger partial charge is 0.0377 e. The molecule has 0 unspecified atom stereocenters. The highest BCUT2D eigenvalue weighted by molar-refractivity contribution is 5.30. The molecule has 0 bridgehead atoms. The van der Waals surface area contributed by atoms with E-state index in [1.54, 1.807) is 6.20 Å². The van der Waals surface area contributed by atoms with Crippen LogP contribution in [0.15, 0.2) is 49.1 Å². The number of allylic oxidation sites excluding steroid dienone is 2. The second-order valence-corrected chi connectivity index (χ2v) is 4.13. The van der Waals surface area contributed by atoms with Crippen molar-refractivity contribution < 1.29 is 0 Å². The second kappa shape index (κ2) is 6.21. The Labute approximate surface area is 100 Å². The largest absolute Gasteiger partial charge is 0.352 e. The zero-order valence-corrected chi connectivity index (χ0v) is 11.2. The first kappa shape index (κ1) is 14.6. The molecule has 0 aromatic heterocycles. The maximum absolute atomic E-state index is 4.06. The predicted octanol–water partition coefficient (Wildman–Crippen LogP) is 3.72. The molecular formula is C14H24N2. The average Bonchev–Trinajstić information content (AvgIpc) is 2.26. The predicted molar refractivity (Wildman–Crippen MR) is 72.6 cm³/mol. The summed E-state index contributed by atoms with van der Waals surface area (Å²) >= 11 is 0. The standard InChI is InChI=1S/C14H24N2/c1-9-15(8)13(6)12(5)14(7)16(10-2)11(3)4/h9-11H,1-2,6H2,3-5,7-8H3/b14-12+. The normalized spacial score (nSPS) is 11.9. The van der Waals surface area contributed by atoms with Gasteiger partial charge in [0.25, 0.3) is 0 Å². The SMILES string of the molecule is C=CN(C)C(=C)/C(C)=C(\C)N(C=C)C(C)C. The van der Waals surface area contributed by atoms with Crippen molar-refractivity contribution in [2.75, 3.05) is 7.05 Å². The molecule has 0 spiro atoms. The van der Waals surface area contributed by atoms with Gasteiger partial charge in [0.2, 0.25) is 0 Å². The molecule has 0 fully saturated rings. The van der Waals surface area contributed by atoms with Crippen LogP contribution in [0, 0.1) is 0 Å². The zero-order valence-electron chi connectivity index (χ0n) is 11.2. The van der Waals surface area contributed by atoms with Crippen LogP contribution in [-0.4, -0.2) is 22.9 Å². The molecule has 0 amide bonds. The molecule has 0 aromatic carbocycles. The molecule has 0 aliphatic carbocycles. The van der Waals surface area contributed by atoms with Gasteiger partial charge < -0.3 is 9.80 Å². The molecule has 0 atom stereocenters. The van der Waals surface area contributed by atoms with E-state index in [0.717, 1.165) is 11.3 Å². The molecule has 90 valence electrons. The van der Waals surface area contributed by atoms with Crippen LogP contribution in [0.2, 0.25) is 0 Å². The molecule has 2 heteroatoms. The van der Waals surface area contributed by atoms with Crippen molar-refractivity contribution in [3.8, 4) is 0 Å². The lowest BCUT2D eigenvalue weighted by atomic mass is 10.1. The Hall–Kier alpha value is -1.44. The summed E-state index contributed by atoms with van der Waals surface area (Å²) in [6.07, 6.45) is 3.61. The van der Waals surface area contributed by atoms with Gasteiger partial charge in [0.15, 0.2) is 0 Å². The molecule has 16 heavy (non-hydrogen) atoms. The highest BCUT2D eigenvalue weighted by atomic mass is 15.1. The molecule has 0 heterocycles. The molecule has 0 N–H and O–H groups in total. The number of nitrogens with zero attached hydrogens (tertiary/aromatic N) is 2. The summed E-state index contributed by atoms with van der Waals surface area (Å²) in [7, 11) is 1.94. The van der Waals surface area contributed by atoms with Crippen LogP contribution in [0.3, 0.4) is 0 Å². The molecular weight excluding hydrogens is 196 g/mol. The third kappa shape index (κ3) is 3.30. The zero-order chi connectivity index (χ0) is 12.9. The van der Waals surface area contributed by atoms with E-state index >= 15 is 0 Å². The van der Waals surface area contributed by atoms with Crippen molar-refractivity contribution in [1.29, 1.82) is 0 Å². The monoisotopic (exact) mass is 220 g/mol. The molecule has 2 nitrogen and oxygen atoms in total. The van der Waals surface area contributed by atoms with Crippen LogP contribution in [0.4, 0.5) is 0 Å². The molecule has 0 radical (unpaired) electrons. The highest BCUT2D eigenvalue weighted by Gasteiger charge is 2.11. The van der Waals surface area contributed by atoms with Gasteiger partial charge in [0.1, 0.15) is 0 Å². The van der Waals surface area contributed by atoms with E-state index in [1.807, 2.05) is 18.1 Å². The van der Waals surface area contributed by atoms with Crippen molar-refractivity contribution in [1.82, 2.24) is 9.80 Å². The molecule has 0 aromatic rings. The lowest BCUT2D eigenvalue weighted by molar-refractivity contribution is 0.381. The lowest BCUT2D eigenvalue weighted by Crippen LogP contribution is -2.25. The molecule has 0 aliphatic rings. The maximum atomic E-state index is 4.06. The van der Waals surface area contributed by atoms with Crippen LogP contribution in [0.25, 0.3) is 0 Å². The third-order valence-corrected chi connectivity index (χ3v) is 2.82. The fraction of sp³-hybridized carbons (Fsp3) is 0.429. The van der Waals surface area contributed by atoms with Gasteiger partial charge in [-0.2, -0.15) is 0 Å². The van der Waals surface area contributed by atoms with Crippen molar-refractivity contribution >= 4 is 0 Å². The third-order valence-electron chi connectivity index (χ3n) is 2.82. The quantitative estimate of drug-likeness (QED) is 0.629. The van der Waals surface area contributed by atoms with E-state index in [2.05, 4.69) is 52.3 Å². The summed E-state index contributed by atoms with van der Waals surface area (Å²) in [6, 6.07) is 0.397. The van der Waals surface area contributed by atoms with Crippen LogP contribution >= 0.6 is 0 Å². The first-order valence-corrected chi connectivity index (χ1v) is 5.49. The number of hydrogen-bond acceptors (Lipinski definition) is 2. The van der Waals surface area contributed by atoms with Gasteiger partial charge in [-0.3, -0.25) is 0 Å². The Morgan fingerprint density at radius 2 is 1.62 bits per heavy atom. The number of hydrogen-bond donors (Lipinski definition) is 0. The van der Waals surface area contributed by atoms with E-state index in [-0.39, 0.29) is 0 Å². The van der Waals surface area contributed by atoms with E-state index in [4.69, 9.17) is 0 Å². The Morgan fingerprint density at radius 3 is 1.94 bits per heavy atom. The summed E-state index contributed by atoms with van der Waals surface area (Å²) in [6.45, 7) is 20.1. The van der Waals surface area contributed by atoms with Gasteiger partial charge in [0, 0.05) is 24.5 Å².